The maximum absolute atomic E-state index is 11.0. The lowest BCUT2D eigenvalue weighted by Gasteiger charge is -2.32. The minimum absolute atomic E-state index is 0.0198. The van der Waals surface area contributed by atoms with Crippen molar-refractivity contribution in [1.29, 1.82) is 0 Å². The number of anilines is 2. The van der Waals surface area contributed by atoms with Crippen LogP contribution in [0.1, 0.15) is 12.8 Å². The summed E-state index contributed by atoms with van der Waals surface area (Å²) in [4.78, 5) is 13.2. The fourth-order valence-corrected chi connectivity index (χ4v) is 2.15. The van der Waals surface area contributed by atoms with Crippen LogP contribution in [0.3, 0.4) is 0 Å². The first kappa shape index (κ1) is 11.6. The molecule has 0 aliphatic carbocycles. The van der Waals surface area contributed by atoms with Gasteiger partial charge in [-0.25, -0.2) is 0 Å². The van der Waals surface area contributed by atoms with E-state index < -0.39 is 0 Å². The van der Waals surface area contributed by atoms with E-state index in [1.807, 2.05) is 6.07 Å². The van der Waals surface area contributed by atoms with Crippen molar-refractivity contribution < 1.29 is 9.90 Å². The number of carbonyl (C=O) groups excluding carboxylic acids is 1. The van der Waals surface area contributed by atoms with Gasteiger partial charge < -0.3 is 21.5 Å². The molecule has 1 heterocycles. The second-order valence-electron chi connectivity index (χ2n) is 4.41. The highest BCUT2D eigenvalue weighted by molar-refractivity contribution is 5.77. The Kier molecular flexibility index (Phi) is 3.08. The molecule has 5 N–H and O–H groups in total. The number of nitrogen functional groups attached to an aromatic ring is 1. The number of rotatable bonds is 2. The number of amides is 1. The third kappa shape index (κ3) is 2.43. The Balaban J connectivity index is 2.05. The fourth-order valence-electron chi connectivity index (χ4n) is 2.15. The van der Waals surface area contributed by atoms with E-state index in [1.54, 1.807) is 12.1 Å². The Morgan fingerprint density at radius 1 is 1.35 bits per heavy atom. The SMILES string of the molecule is NC(=O)C1CCN(c2ccc(N)c(O)c2)CC1. The zero-order chi connectivity index (χ0) is 12.4. The lowest BCUT2D eigenvalue weighted by molar-refractivity contribution is -0.122. The largest absolute Gasteiger partial charge is 0.506 e. The monoisotopic (exact) mass is 235 g/mol. The molecular formula is C12H17N3O2. The molecule has 92 valence electrons. The number of piperidine rings is 1. The van der Waals surface area contributed by atoms with Crippen molar-refractivity contribution in [3.05, 3.63) is 18.2 Å². The van der Waals surface area contributed by atoms with Crippen LogP contribution in [0.25, 0.3) is 0 Å². The third-order valence-electron chi connectivity index (χ3n) is 3.28. The van der Waals surface area contributed by atoms with Crippen LogP contribution >= 0.6 is 0 Å². The van der Waals surface area contributed by atoms with E-state index >= 15 is 0 Å². The lowest BCUT2D eigenvalue weighted by Crippen LogP contribution is -2.38. The van der Waals surface area contributed by atoms with Gasteiger partial charge >= 0.3 is 0 Å². The molecule has 5 heteroatoms. The molecule has 0 aromatic heterocycles. The standard InChI is InChI=1S/C12H17N3O2/c13-10-2-1-9(7-11(10)16)15-5-3-8(4-6-15)12(14)17/h1-2,7-8,16H,3-6,13H2,(H2,14,17). The Bertz CT molecular complexity index is 426. The molecule has 1 aliphatic rings. The summed E-state index contributed by atoms with van der Waals surface area (Å²) in [6.07, 6.45) is 1.53. The van der Waals surface area contributed by atoms with Gasteiger partial charge in [-0.05, 0) is 25.0 Å². The van der Waals surface area contributed by atoms with Crippen molar-refractivity contribution in [3.8, 4) is 5.75 Å². The van der Waals surface area contributed by atoms with Crippen LogP contribution in [0, 0.1) is 5.92 Å². The molecule has 0 unspecified atom stereocenters. The first-order valence-electron chi connectivity index (χ1n) is 5.70. The molecule has 2 rings (SSSR count). The van der Waals surface area contributed by atoms with Crippen LogP contribution in [0.2, 0.25) is 0 Å². The zero-order valence-electron chi connectivity index (χ0n) is 9.60. The molecular weight excluding hydrogens is 218 g/mol. The van der Waals surface area contributed by atoms with Crippen molar-refractivity contribution in [1.82, 2.24) is 0 Å². The van der Waals surface area contributed by atoms with Crippen LogP contribution in [-0.2, 0) is 4.79 Å². The van der Waals surface area contributed by atoms with Gasteiger partial charge in [-0.3, -0.25) is 4.79 Å². The Morgan fingerprint density at radius 3 is 2.53 bits per heavy atom. The fraction of sp³-hybridized carbons (Fsp3) is 0.417. The van der Waals surface area contributed by atoms with Gasteiger partial charge in [0.2, 0.25) is 5.91 Å². The summed E-state index contributed by atoms with van der Waals surface area (Å²) in [5.74, 6) is -0.141. The van der Waals surface area contributed by atoms with Crippen LogP contribution in [0.5, 0.6) is 5.75 Å². The number of phenolic OH excluding ortho intramolecular Hbond substituents is 1. The summed E-state index contributed by atoms with van der Waals surface area (Å²) >= 11 is 0. The van der Waals surface area contributed by atoms with Gasteiger partial charge in [0.15, 0.2) is 0 Å². The number of aromatic hydroxyl groups is 1. The highest BCUT2D eigenvalue weighted by atomic mass is 16.3. The number of hydrogen-bond donors (Lipinski definition) is 3. The van der Waals surface area contributed by atoms with Crippen molar-refractivity contribution in [2.45, 2.75) is 12.8 Å². The van der Waals surface area contributed by atoms with Crippen LogP contribution in [0.15, 0.2) is 18.2 Å². The second-order valence-corrected chi connectivity index (χ2v) is 4.41. The predicted molar refractivity (Wildman–Crippen MR) is 66.7 cm³/mol. The maximum Gasteiger partial charge on any atom is 0.220 e. The number of nitrogens with zero attached hydrogens (tertiary/aromatic N) is 1. The highest BCUT2D eigenvalue weighted by Crippen LogP contribution is 2.29. The lowest BCUT2D eigenvalue weighted by atomic mass is 9.96. The number of primary amides is 1. The van der Waals surface area contributed by atoms with E-state index in [9.17, 15) is 9.90 Å². The molecule has 0 spiro atoms. The molecule has 1 aromatic carbocycles. The normalized spacial score (nSPS) is 17.1. The maximum atomic E-state index is 11.0. The molecule has 1 aromatic rings. The van der Waals surface area contributed by atoms with E-state index in [0.717, 1.165) is 31.6 Å². The van der Waals surface area contributed by atoms with E-state index in [-0.39, 0.29) is 17.6 Å². The summed E-state index contributed by atoms with van der Waals surface area (Å²) in [6.45, 7) is 1.55. The molecule has 1 saturated heterocycles. The number of hydrogen-bond acceptors (Lipinski definition) is 4. The topological polar surface area (TPSA) is 92.6 Å². The number of nitrogens with two attached hydrogens (primary N) is 2. The molecule has 17 heavy (non-hydrogen) atoms. The van der Waals surface area contributed by atoms with Crippen molar-refractivity contribution in [3.63, 3.8) is 0 Å². The van der Waals surface area contributed by atoms with E-state index in [0.29, 0.717) is 5.69 Å². The minimum atomic E-state index is -0.218. The molecule has 5 nitrogen and oxygen atoms in total. The second kappa shape index (κ2) is 4.53. The molecule has 0 saturated carbocycles. The highest BCUT2D eigenvalue weighted by Gasteiger charge is 2.23. The van der Waals surface area contributed by atoms with Crippen molar-refractivity contribution >= 4 is 17.3 Å². The summed E-state index contributed by atoms with van der Waals surface area (Å²) in [5, 5.41) is 9.55. The van der Waals surface area contributed by atoms with E-state index in [2.05, 4.69) is 4.90 Å². The number of phenols is 1. The Hall–Kier alpha value is -1.91. The molecule has 1 aliphatic heterocycles. The smallest absolute Gasteiger partial charge is 0.220 e. The van der Waals surface area contributed by atoms with Gasteiger partial charge in [0.1, 0.15) is 5.75 Å². The Labute approximate surface area is 100 Å². The van der Waals surface area contributed by atoms with Crippen molar-refractivity contribution in [2.24, 2.45) is 11.7 Å². The molecule has 0 radical (unpaired) electrons. The van der Waals surface area contributed by atoms with Crippen LogP contribution in [0.4, 0.5) is 11.4 Å². The van der Waals surface area contributed by atoms with Gasteiger partial charge in [-0.15, -0.1) is 0 Å². The molecule has 1 amide bonds. The van der Waals surface area contributed by atoms with Gasteiger partial charge in [0.25, 0.3) is 0 Å². The summed E-state index contributed by atoms with van der Waals surface area (Å²) in [7, 11) is 0. The first-order chi connectivity index (χ1) is 8.08. The van der Waals surface area contributed by atoms with Gasteiger partial charge in [-0.1, -0.05) is 0 Å². The van der Waals surface area contributed by atoms with E-state index in [4.69, 9.17) is 11.5 Å². The zero-order valence-corrected chi connectivity index (χ0v) is 9.60. The van der Waals surface area contributed by atoms with Gasteiger partial charge in [-0.2, -0.15) is 0 Å². The first-order valence-corrected chi connectivity index (χ1v) is 5.70. The summed E-state index contributed by atoms with van der Waals surface area (Å²) in [6, 6.07) is 5.21. The third-order valence-corrected chi connectivity index (χ3v) is 3.28. The van der Waals surface area contributed by atoms with Gasteiger partial charge in [0.05, 0.1) is 5.69 Å². The van der Waals surface area contributed by atoms with Gasteiger partial charge in [0, 0.05) is 30.8 Å². The minimum Gasteiger partial charge on any atom is -0.506 e. The summed E-state index contributed by atoms with van der Waals surface area (Å²) < 4.78 is 0. The van der Waals surface area contributed by atoms with Crippen molar-refractivity contribution in [2.75, 3.05) is 23.7 Å². The van der Waals surface area contributed by atoms with Crippen LogP contribution in [-0.4, -0.2) is 24.1 Å². The average Bonchev–Trinajstić information content (AvgIpc) is 2.33. The molecule has 1 fully saturated rings. The van der Waals surface area contributed by atoms with Crippen LogP contribution < -0.4 is 16.4 Å². The molecule has 0 bridgehead atoms. The summed E-state index contributed by atoms with van der Waals surface area (Å²) in [5.41, 5.74) is 12.1. The van der Waals surface area contributed by atoms with E-state index in [1.165, 1.54) is 0 Å². The molecule has 0 atom stereocenters. The average molecular weight is 235 g/mol. The number of carbonyl (C=O) groups is 1. The predicted octanol–water partition coefficient (Wildman–Crippen LogP) is 0.676. The number of benzene rings is 1. The Morgan fingerprint density at radius 2 is 2.00 bits per heavy atom. The quantitative estimate of drug-likeness (QED) is 0.519.